The highest BCUT2D eigenvalue weighted by Crippen LogP contribution is 2.44. The van der Waals surface area contributed by atoms with Crippen molar-refractivity contribution in [3.05, 3.63) is 0 Å². The summed E-state index contributed by atoms with van der Waals surface area (Å²) >= 11 is 0. The zero-order chi connectivity index (χ0) is 18.9. The van der Waals surface area contributed by atoms with Gasteiger partial charge in [-0.25, -0.2) is 0 Å². The lowest BCUT2D eigenvalue weighted by molar-refractivity contribution is 0.219. The van der Waals surface area contributed by atoms with Crippen LogP contribution < -0.4 is 0 Å². The van der Waals surface area contributed by atoms with Gasteiger partial charge in [-0.2, -0.15) is 0 Å². The molecule has 0 radical (unpaired) electrons. The molecular weight excluding hydrogens is 397 g/mol. The second-order valence-electron chi connectivity index (χ2n) is 9.47. The topological polar surface area (TPSA) is 27.7 Å². The quantitative estimate of drug-likeness (QED) is 0.544. The Morgan fingerprint density at radius 1 is 0.708 bits per heavy atom. The minimum absolute atomic E-state index is 0.578. The van der Waals surface area contributed by atoms with Gasteiger partial charge in [0.25, 0.3) is 0 Å². The smallest absolute Gasteiger partial charge is 0.317 e. The van der Waals surface area contributed by atoms with Gasteiger partial charge >= 0.3 is 25.7 Å². The predicted molar refractivity (Wildman–Crippen MR) is 123 cm³/mol. The highest BCUT2D eigenvalue weighted by atomic mass is 28.5. The lowest BCUT2D eigenvalue weighted by Gasteiger charge is -2.55. The molecule has 3 nitrogen and oxygen atoms in total. The fraction of sp³-hybridized carbons (Fsp3) is 1.00. The molecule has 1 heterocycles. The Balaban J connectivity index is 3.20. The standard InChI is InChI=1S/C15H42O3Si6/c1-14(20(5)6)23(10)16-22(9,13-12-19(3)4)17-24(11,18-23)15(2)21(7)8/h14-15,19-21H,12-13H2,1-11H3. The van der Waals surface area contributed by atoms with Crippen molar-refractivity contribution in [2.45, 2.75) is 95.2 Å². The highest BCUT2D eigenvalue weighted by molar-refractivity contribution is 7.00. The average Bonchev–Trinajstić information content (AvgIpc) is 2.42. The van der Waals surface area contributed by atoms with E-state index in [1.165, 1.54) is 12.1 Å². The SMILES string of the molecule is CC([SiH](C)C)[Si]1(C)O[Si](C)(CC[SiH](C)C)O[Si](C)(C(C)[SiH](C)C)O1. The van der Waals surface area contributed by atoms with E-state index in [0.29, 0.717) is 10.3 Å². The van der Waals surface area contributed by atoms with Crippen LogP contribution in [0.15, 0.2) is 0 Å². The molecule has 144 valence electrons. The molecule has 1 fully saturated rings. The first-order chi connectivity index (χ1) is 10.7. The first-order valence-corrected chi connectivity index (χ1v) is 26.2. The molecule has 0 N–H and O–H groups in total. The van der Waals surface area contributed by atoms with Crippen molar-refractivity contribution in [1.29, 1.82) is 0 Å². The van der Waals surface area contributed by atoms with E-state index in [1.807, 2.05) is 0 Å². The maximum absolute atomic E-state index is 6.96. The Morgan fingerprint density at radius 2 is 1.08 bits per heavy atom. The fourth-order valence-electron chi connectivity index (χ4n) is 3.56. The van der Waals surface area contributed by atoms with Gasteiger partial charge in [0.2, 0.25) is 0 Å². The lowest BCUT2D eigenvalue weighted by Crippen LogP contribution is -2.71. The summed E-state index contributed by atoms with van der Waals surface area (Å²) in [6.07, 6.45) is 0. The molecule has 4 unspecified atom stereocenters. The zero-order valence-electron chi connectivity index (χ0n) is 18.0. The molecule has 1 rings (SSSR count). The van der Waals surface area contributed by atoms with Crippen LogP contribution in [-0.4, -0.2) is 52.1 Å². The summed E-state index contributed by atoms with van der Waals surface area (Å²) in [5.74, 6) is 0. The molecule has 0 saturated carbocycles. The third-order valence-corrected chi connectivity index (χ3v) is 34.2. The number of hydrogen-bond donors (Lipinski definition) is 0. The third-order valence-electron chi connectivity index (χ3n) is 6.07. The van der Waals surface area contributed by atoms with Crippen molar-refractivity contribution < 1.29 is 12.3 Å². The zero-order valence-corrected chi connectivity index (χ0v) is 24.5. The fourth-order valence-corrected chi connectivity index (χ4v) is 35.6. The van der Waals surface area contributed by atoms with Crippen molar-refractivity contribution in [2.75, 3.05) is 0 Å². The molecule has 0 aromatic carbocycles. The van der Waals surface area contributed by atoms with Gasteiger partial charge < -0.3 is 12.3 Å². The second-order valence-corrected chi connectivity index (χ2v) is 32.2. The van der Waals surface area contributed by atoms with Crippen LogP contribution in [-0.2, 0) is 12.3 Å². The number of rotatable bonds is 7. The lowest BCUT2D eigenvalue weighted by atomic mass is 10.9. The molecule has 1 saturated heterocycles. The summed E-state index contributed by atoms with van der Waals surface area (Å²) in [4.78, 5) is 0. The van der Waals surface area contributed by atoms with Crippen LogP contribution >= 0.6 is 0 Å². The van der Waals surface area contributed by atoms with Crippen LogP contribution in [0.25, 0.3) is 0 Å². The largest absolute Gasteiger partial charge is 0.416 e. The Labute approximate surface area is 159 Å². The predicted octanol–water partition coefficient (Wildman–Crippen LogP) is 4.58. The Morgan fingerprint density at radius 3 is 1.38 bits per heavy atom. The van der Waals surface area contributed by atoms with Crippen molar-refractivity contribution in [2.24, 2.45) is 0 Å². The summed E-state index contributed by atoms with van der Waals surface area (Å²) in [5.41, 5.74) is 0. The highest BCUT2D eigenvalue weighted by Gasteiger charge is 2.60. The van der Waals surface area contributed by atoms with E-state index >= 15 is 0 Å². The van der Waals surface area contributed by atoms with Crippen LogP contribution in [0.5, 0.6) is 0 Å². The van der Waals surface area contributed by atoms with Gasteiger partial charge in [0.15, 0.2) is 0 Å². The number of hydrogen-bond acceptors (Lipinski definition) is 3. The maximum Gasteiger partial charge on any atom is 0.317 e. The Bertz CT molecular complexity index is 394. The summed E-state index contributed by atoms with van der Waals surface area (Å²) in [5, 5.41) is 1.30. The van der Waals surface area contributed by atoms with Crippen LogP contribution in [0.3, 0.4) is 0 Å². The second kappa shape index (κ2) is 8.46. The Kier molecular flexibility index (Phi) is 8.19. The van der Waals surface area contributed by atoms with Crippen LogP contribution in [0.1, 0.15) is 13.8 Å². The summed E-state index contributed by atoms with van der Waals surface area (Å²) < 4.78 is 20.8. The van der Waals surface area contributed by atoms with Crippen molar-refractivity contribution in [1.82, 2.24) is 0 Å². The minimum Gasteiger partial charge on any atom is -0.416 e. The molecule has 24 heavy (non-hydrogen) atoms. The molecule has 0 spiro atoms. The molecule has 0 bridgehead atoms. The minimum atomic E-state index is -2.16. The maximum atomic E-state index is 6.96. The molecule has 0 aromatic heterocycles. The van der Waals surface area contributed by atoms with Crippen molar-refractivity contribution >= 4 is 52.1 Å². The van der Waals surface area contributed by atoms with Gasteiger partial charge in [0, 0.05) is 26.4 Å². The molecule has 9 heteroatoms. The first kappa shape index (κ1) is 23.2. The molecule has 4 atom stereocenters. The Hall–Kier alpha value is 1.18. The van der Waals surface area contributed by atoms with Gasteiger partial charge in [0.05, 0.1) is 0 Å². The summed E-state index contributed by atoms with van der Waals surface area (Å²) in [6, 6.07) is 2.53. The molecule has 1 aliphatic rings. The van der Waals surface area contributed by atoms with E-state index in [-0.39, 0.29) is 0 Å². The molecule has 0 aliphatic carbocycles. The van der Waals surface area contributed by atoms with Gasteiger partial charge in [0.1, 0.15) is 0 Å². The summed E-state index contributed by atoms with van der Waals surface area (Å²) in [7, 11) is -8.59. The van der Waals surface area contributed by atoms with E-state index in [0.717, 1.165) is 0 Å². The van der Waals surface area contributed by atoms with Crippen LogP contribution in [0.4, 0.5) is 0 Å². The third kappa shape index (κ3) is 5.59. The molecular formula is C15H42O3Si6. The molecule has 0 amide bonds. The first-order valence-electron chi connectivity index (χ1n) is 9.85. The van der Waals surface area contributed by atoms with E-state index in [4.69, 9.17) is 12.3 Å². The van der Waals surface area contributed by atoms with Gasteiger partial charge in [-0.3, -0.25) is 0 Å². The normalized spacial score (nSPS) is 37.2. The molecule has 1 aliphatic heterocycles. The van der Waals surface area contributed by atoms with Gasteiger partial charge in [-0.1, -0.05) is 59.2 Å². The molecule has 0 aromatic rings. The van der Waals surface area contributed by atoms with Crippen LogP contribution in [0, 0.1) is 0 Å². The monoisotopic (exact) mass is 438 g/mol. The van der Waals surface area contributed by atoms with Gasteiger partial charge in [-0.15, -0.1) is 0 Å². The van der Waals surface area contributed by atoms with Crippen LogP contribution in [0.2, 0.25) is 81.3 Å². The van der Waals surface area contributed by atoms with Crippen molar-refractivity contribution in [3.63, 3.8) is 0 Å². The van der Waals surface area contributed by atoms with E-state index < -0.39 is 52.1 Å². The average molecular weight is 439 g/mol. The summed E-state index contributed by atoms with van der Waals surface area (Å²) in [6.45, 7) is 26.6. The van der Waals surface area contributed by atoms with Crippen molar-refractivity contribution in [3.8, 4) is 0 Å². The van der Waals surface area contributed by atoms with E-state index in [2.05, 4.69) is 72.8 Å². The van der Waals surface area contributed by atoms with E-state index in [9.17, 15) is 0 Å². The van der Waals surface area contributed by atoms with E-state index in [1.54, 1.807) is 0 Å². The van der Waals surface area contributed by atoms with Gasteiger partial charge in [-0.05, 0) is 36.0 Å².